The number of anilines is 1. The fraction of sp³-hybridized carbons (Fsp3) is 0.692. The number of hydrogen-bond acceptors (Lipinski definition) is 9. The van der Waals surface area contributed by atoms with Gasteiger partial charge in [0.2, 0.25) is 0 Å². The van der Waals surface area contributed by atoms with Gasteiger partial charge in [-0.15, -0.1) is 0 Å². The molecule has 4 N–H and O–H groups in total. The van der Waals surface area contributed by atoms with E-state index < -0.39 is 49.4 Å². The van der Waals surface area contributed by atoms with Crippen LogP contribution in [0.3, 0.4) is 0 Å². The van der Waals surface area contributed by atoms with Crippen molar-refractivity contribution >= 4 is 24.3 Å². The van der Waals surface area contributed by atoms with Crippen molar-refractivity contribution in [3.05, 3.63) is 22.7 Å². The van der Waals surface area contributed by atoms with E-state index in [9.17, 15) is 13.6 Å². The van der Waals surface area contributed by atoms with Crippen LogP contribution in [0.25, 0.3) is 0 Å². The Morgan fingerprint density at radius 1 is 1.54 bits per heavy atom. The van der Waals surface area contributed by atoms with E-state index in [0.29, 0.717) is 0 Å². The number of rotatable bonds is 4. The Balaban J connectivity index is 1.97. The fourth-order valence-electron chi connectivity index (χ4n) is 2.88. The van der Waals surface area contributed by atoms with Crippen LogP contribution < -0.4 is 17.2 Å². The van der Waals surface area contributed by atoms with Crippen molar-refractivity contribution in [1.82, 2.24) is 9.55 Å². The first kappa shape index (κ1) is 19.7. The molecule has 0 aliphatic carbocycles. The van der Waals surface area contributed by atoms with Gasteiger partial charge in [-0.3, -0.25) is 4.57 Å². The van der Waals surface area contributed by atoms with Gasteiger partial charge in [-0.2, -0.15) is 4.98 Å². The van der Waals surface area contributed by atoms with Crippen molar-refractivity contribution in [3.8, 4) is 0 Å². The summed E-state index contributed by atoms with van der Waals surface area (Å²) in [6.07, 6.45) is -4.64. The van der Waals surface area contributed by atoms with Gasteiger partial charge in [0.25, 0.3) is 6.43 Å². The second-order valence-corrected chi connectivity index (χ2v) is 9.20. The lowest BCUT2D eigenvalue weighted by Crippen LogP contribution is -2.57. The Labute approximate surface area is 152 Å². The minimum atomic E-state index is -3.28. The van der Waals surface area contributed by atoms with Gasteiger partial charge in [-0.1, -0.05) is 0 Å². The van der Waals surface area contributed by atoms with Crippen LogP contribution in [0.15, 0.2) is 17.1 Å². The molecule has 2 fully saturated rings. The lowest BCUT2D eigenvalue weighted by Gasteiger charge is -2.41. The molecule has 2 aliphatic rings. The molecule has 0 bridgehead atoms. The molecule has 1 unspecified atom stereocenters. The Morgan fingerprint density at radius 3 is 2.81 bits per heavy atom. The summed E-state index contributed by atoms with van der Waals surface area (Å²) in [4.78, 5) is 15.6. The van der Waals surface area contributed by atoms with Crippen molar-refractivity contribution in [1.29, 1.82) is 0 Å². The number of aromatic nitrogens is 2. The number of fused-ring (bicyclic) bond motifs is 1. The number of nitrogen functional groups attached to an aromatic ring is 1. The van der Waals surface area contributed by atoms with Crippen molar-refractivity contribution in [2.24, 2.45) is 5.73 Å². The van der Waals surface area contributed by atoms with Crippen LogP contribution in [-0.4, -0.2) is 46.4 Å². The highest BCUT2D eigenvalue weighted by atomic mass is 32.5. The third-order valence-electron chi connectivity index (χ3n) is 4.03. The monoisotopic (exact) mass is 412 g/mol. The first-order valence-corrected chi connectivity index (χ1v) is 10.3. The predicted molar refractivity (Wildman–Crippen MR) is 91.1 cm³/mol. The molecule has 2 saturated heterocycles. The maximum atomic E-state index is 13.9. The van der Waals surface area contributed by atoms with Gasteiger partial charge in [0.1, 0.15) is 11.9 Å². The Kier molecular flexibility index (Phi) is 5.21. The van der Waals surface area contributed by atoms with E-state index in [1.165, 1.54) is 12.3 Å². The zero-order chi connectivity index (χ0) is 19.3. The summed E-state index contributed by atoms with van der Waals surface area (Å²) >= 11 is 5.23. The standard InChI is InChI=1S/C13H19F2N4O5PS/c1-6(2)23-25(26)21-5-13(11(14)15)9(24-25)8(17)10(22-13)19-4-3-7(16)18-12(19)20/h3-4,6,8-11H,5,17H2,1-2H3,(H2,16,18,20)/t8-,9-,10+,13+,25?/m0/s1. The van der Waals surface area contributed by atoms with Gasteiger partial charge in [0.15, 0.2) is 11.8 Å². The van der Waals surface area contributed by atoms with Crippen LogP contribution in [0.2, 0.25) is 0 Å². The molecule has 0 spiro atoms. The van der Waals surface area contributed by atoms with E-state index >= 15 is 0 Å². The number of nitrogens with zero attached hydrogens (tertiary/aromatic N) is 2. The minimum absolute atomic E-state index is 0.0146. The molecule has 13 heteroatoms. The molecule has 0 aromatic carbocycles. The van der Waals surface area contributed by atoms with E-state index in [-0.39, 0.29) is 11.9 Å². The summed E-state index contributed by atoms with van der Waals surface area (Å²) in [5, 5.41) is 0. The molecular formula is C13H19F2N4O5PS. The van der Waals surface area contributed by atoms with E-state index in [1.54, 1.807) is 13.8 Å². The lowest BCUT2D eigenvalue weighted by molar-refractivity contribution is -0.204. The molecule has 5 atom stereocenters. The normalized spacial score (nSPS) is 37.3. The van der Waals surface area contributed by atoms with Gasteiger partial charge < -0.3 is 29.8 Å². The maximum absolute atomic E-state index is 13.9. The number of alkyl halides is 2. The predicted octanol–water partition coefficient (Wildman–Crippen LogP) is 0.750. The van der Waals surface area contributed by atoms with Crippen LogP contribution in [0.4, 0.5) is 14.6 Å². The SMILES string of the molecule is CC(C)OP1(=S)OC[C@@]2(C(F)F)O[C@@H](n3ccc(N)nc3=O)[C@@H](N)[C@@H]2O1. The van der Waals surface area contributed by atoms with Gasteiger partial charge in [0.05, 0.1) is 18.8 Å². The van der Waals surface area contributed by atoms with E-state index in [4.69, 9.17) is 41.6 Å². The highest BCUT2D eigenvalue weighted by Crippen LogP contribution is 2.61. The van der Waals surface area contributed by atoms with Crippen LogP contribution in [0, 0.1) is 0 Å². The first-order chi connectivity index (χ1) is 12.1. The topological polar surface area (TPSA) is 124 Å². The fourth-order valence-corrected chi connectivity index (χ4v) is 5.48. The summed E-state index contributed by atoms with van der Waals surface area (Å²) in [6.45, 7) is -0.426. The van der Waals surface area contributed by atoms with Crippen molar-refractivity contribution in [2.45, 2.75) is 50.4 Å². The van der Waals surface area contributed by atoms with E-state index in [1.807, 2.05) is 0 Å². The average Bonchev–Trinajstić information content (AvgIpc) is 2.80. The largest absolute Gasteiger partial charge is 0.383 e. The average molecular weight is 412 g/mol. The Bertz CT molecular complexity index is 796. The van der Waals surface area contributed by atoms with Crippen molar-refractivity contribution < 1.29 is 27.1 Å². The summed E-state index contributed by atoms with van der Waals surface area (Å²) in [6, 6.07) is 0.201. The zero-order valence-corrected chi connectivity index (χ0v) is 15.7. The molecule has 2 aliphatic heterocycles. The molecule has 1 aromatic heterocycles. The molecule has 3 heterocycles. The second kappa shape index (κ2) is 6.86. The molecule has 0 radical (unpaired) electrons. The Hall–Kier alpha value is -1.01. The molecule has 0 amide bonds. The van der Waals surface area contributed by atoms with Crippen LogP contribution in [0.5, 0.6) is 0 Å². The third-order valence-corrected chi connectivity index (χ3v) is 6.47. The summed E-state index contributed by atoms with van der Waals surface area (Å²) in [7, 11) is 0. The van der Waals surface area contributed by atoms with Crippen LogP contribution >= 0.6 is 6.72 Å². The van der Waals surface area contributed by atoms with Gasteiger partial charge in [-0.25, -0.2) is 13.6 Å². The molecule has 1 aromatic rings. The smallest absolute Gasteiger partial charge is 0.351 e. The minimum Gasteiger partial charge on any atom is -0.383 e. The lowest BCUT2D eigenvalue weighted by atomic mass is 9.95. The number of hydrogen-bond donors (Lipinski definition) is 2. The van der Waals surface area contributed by atoms with Gasteiger partial charge >= 0.3 is 12.4 Å². The van der Waals surface area contributed by atoms with Gasteiger partial charge in [-0.05, 0) is 31.7 Å². The zero-order valence-electron chi connectivity index (χ0n) is 14.0. The molecule has 3 rings (SSSR count). The number of halogens is 2. The quantitative estimate of drug-likeness (QED) is 0.690. The molecule has 9 nitrogen and oxygen atoms in total. The second-order valence-electron chi connectivity index (χ2n) is 6.28. The first-order valence-electron chi connectivity index (χ1n) is 7.75. The highest BCUT2D eigenvalue weighted by Gasteiger charge is 2.65. The number of nitrogens with two attached hydrogens (primary N) is 2. The van der Waals surface area contributed by atoms with Crippen LogP contribution in [-0.2, 0) is 30.1 Å². The summed E-state index contributed by atoms with van der Waals surface area (Å²) in [5.41, 5.74) is 8.59. The molecular weight excluding hydrogens is 393 g/mol. The number of ether oxygens (including phenoxy) is 1. The van der Waals surface area contributed by atoms with E-state index in [2.05, 4.69) is 4.98 Å². The summed E-state index contributed by atoms with van der Waals surface area (Å²) < 4.78 is 50.6. The van der Waals surface area contributed by atoms with Crippen molar-refractivity contribution in [2.75, 3.05) is 12.3 Å². The molecule has 0 saturated carbocycles. The van der Waals surface area contributed by atoms with E-state index in [0.717, 1.165) is 4.57 Å². The van der Waals surface area contributed by atoms with Crippen LogP contribution in [0.1, 0.15) is 20.1 Å². The third kappa shape index (κ3) is 3.31. The van der Waals surface area contributed by atoms with Crippen molar-refractivity contribution in [3.63, 3.8) is 0 Å². The van der Waals surface area contributed by atoms with Gasteiger partial charge in [0, 0.05) is 6.20 Å². The summed E-state index contributed by atoms with van der Waals surface area (Å²) in [5.74, 6) is -0.0146. The molecule has 146 valence electrons. The molecule has 26 heavy (non-hydrogen) atoms. The Morgan fingerprint density at radius 2 is 2.23 bits per heavy atom. The maximum Gasteiger partial charge on any atom is 0.351 e. The highest BCUT2D eigenvalue weighted by molar-refractivity contribution is 8.07.